The number of amides is 2. The molecule has 3 aliphatic rings. The largest absolute Gasteiger partial charge is 0.466 e. The van der Waals surface area contributed by atoms with E-state index in [2.05, 4.69) is 21.2 Å². The highest BCUT2D eigenvalue weighted by Gasteiger charge is 2.76. The maximum absolute atomic E-state index is 14.1. The van der Waals surface area contributed by atoms with Gasteiger partial charge in [-0.2, -0.15) is 0 Å². The number of ether oxygens (including phenoxy) is 1. The average molecular weight is 568 g/mol. The number of halogens is 1. The summed E-state index contributed by atoms with van der Waals surface area (Å²) in [6.45, 7) is 9.63. The van der Waals surface area contributed by atoms with Gasteiger partial charge in [0.1, 0.15) is 6.04 Å². The molecule has 3 unspecified atom stereocenters. The minimum Gasteiger partial charge on any atom is -0.466 e. The van der Waals surface area contributed by atoms with E-state index < -0.39 is 28.7 Å². The Labute approximate surface area is 219 Å². The van der Waals surface area contributed by atoms with Gasteiger partial charge in [-0.25, -0.2) is 0 Å². The van der Waals surface area contributed by atoms with Gasteiger partial charge >= 0.3 is 5.97 Å². The van der Waals surface area contributed by atoms with Crippen LogP contribution in [0.2, 0.25) is 0 Å². The van der Waals surface area contributed by atoms with Crippen molar-refractivity contribution in [3.63, 3.8) is 0 Å². The van der Waals surface area contributed by atoms with E-state index in [1.165, 1.54) is 0 Å². The van der Waals surface area contributed by atoms with Gasteiger partial charge in [0, 0.05) is 15.8 Å². The van der Waals surface area contributed by atoms with Gasteiger partial charge in [0.25, 0.3) is 0 Å². The molecule has 7 nitrogen and oxygen atoms in total. The molecule has 3 saturated heterocycles. The fraction of sp³-hybridized carbons (Fsp3) is 0.654. The number of alkyl halides is 1. The number of esters is 1. The van der Waals surface area contributed by atoms with E-state index in [1.54, 1.807) is 23.6 Å². The number of anilines is 1. The third kappa shape index (κ3) is 4.11. The molecule has 0 aliphatic carbocycles. The lowest BCUT2D eigenvalue weighted by atomic mass is 9.71. The molecule has 9 heteroatoms. The van der Waals surface area contributed by atoms with E-state index in [0.29, 0.717) is 6.42 Å². The molecule has 2 bridgehead atoms. The zero-order valence-electron chi connectivity index (χ0n) is 20.9. The van der Waals surface area contributed by atoms with Crippen LogP contribution in [0.25, 0.3) is 0 Å². The van der Waals surface area contributed by atoms with Crippen molar-refractivity contribution in [3.05, 3.63) is 29.3 Å². The highest BCUT2D eigenvalue weighted by Crippen LogP contribution is 2.68. The van der Waals surface area contributed by atoms with Crippen LogP contribution in [0.5, 0.6) is 0 Å². The Morgan fingerprint density at radius 3 is 2.54 bits per heavy atom. The Hall–Kier alpha value is -1.58. The molecule has 2 N–H and O–H groups in total. The highest BCUT2D eigenvalue weighted by atomic mass is 79.9. The van der Waals surface area contributed by atoms with Crippen molar-refractivity contribution in [1.29, 1.82) is 0 Å². The van der Waals surface area contributed by atoms with Crippen molar-refractivity contribution in [3.8, 4) is 0 Å². The SMILES string of the molecule is CCOC(=O)[C@H]1[C@H]2C(=O)N([C@@H](CO)[C@@H](C)CC)C(C(=O)Nc3c(C)cccc3C)C23CC(Br)[C@@H]1S3. The number of aliphatic hydroxyl groups excluding tert-OH is 1. The summed E-state index contributed by atoms with van der Waals surface area (Å²) in [4.78, 5) is 42.9. The smallest absolute Gasteiger partial charge is 0.310 e. The Morgan fingerprint density at radius 2 is 1.97 bits per heavy atom. The third-order valence-electron chi connectivity index (χ3n) is 8.11. The van der Waals surface area contributed by atoms with Crippen LogP contribution in [-0.4, -0.2) is 67.9 Å². The number of thioether (sulfide) groups is 1. The summed E-state index contributed by atoms with van der Waals surface area (Å²) in [5, 5.41) is 13.4. The van der Waals surface area contributed by atoms with E-state index in [4.69, 9.17) is 4.74 Å². The summed E-state index contributed by atoms with van der Waals surface area (Å²) in [7, 11) is 0. The molecule has 8 atom stereocenters. The lowest BCUT2D eigenvalue weighted by molar-refractivity contribution is -0.154. The molecule has 1 aromatic rings. The summed E-state index contributed by atoms with van der Waals surface area (Å²) < 4.78 is 4.63. The van der Waals surface area contributed by atoms with E-state index in [0.717, 1.165) is 23.2 Å². The number of para-hydroxylation sites is 1. The van der Waals surface area contributed by atoms with Crippen molar-refractivity contribution < 1.29 is 24.2 Å². The quantitative estimate of drug-likeness (QED) is 0.368. The summed E-state index contributed by atoms with van der Waals surface area (Å²) in [6.07, 6.45) is 1.34. The maximum atomic E-state index is 14.1. The molecule has 1 spiro atoms. The molecule has 2 amide bonds. The average Bonchev–Trinajstić information content (AvgIpc) is 3.40. The number of benzene rings is 1. The normalized spacial score (nSPS) is 32.9. The van der Waals surface area contributed by atoms with Gasteiger partial charge in [0.15, 0.2) is 0 Å². The highest BCUT2D eigenvalue weighted by molar-refractivity contribution is 9.09. The van der Waals surface area contributed by atoms with Crippen LogP contribution in [0.15, 0.2) is 18.2 Å². The predicted octanol–water partition coefficient (Wildman–Crippen LogP) is 3.68. The Kier molecular flexibility index (Phi) is 7.61. The molecule has 0 aromatic heterocycles. The van der Waals surface area contributed by atoms with Gasteiger partial charge < -0.3 is 20.1 Å². The summed E-state index contributed by atoms with van der Waals surface area (Å²) in [5.41, 5.74) is 2.62. The zero-order chi connectivity index (χ0) is 25.7. The Balaban J connectivity index is 1.81. The number of nitrogens with one attached hydrogen (secondary N) is 1. The molecule has 0 saturated carbocycles. The molecule has 3 heterocycles. The van der Waals surface area contributed by atoms with E-state index in [-0.39, 0.29) is 47.0 Å². The van der Waals surface area contributed by atoms with E-state index in [1.807, 2.05) is 45.9 Å². The number of carbonyl (C=O) groups excluding carboxylic acids is 3. The van der Waals surface area contributed by atoms with Crippen LogP contribution in [0, 0.1) is 31.6 Å². The predicted molar refractivity (Wildman–Crippen MR) is 141 cm³/mol. The number of fused-ring (bicyclic) bond motifs is 1. The number of nitrogens with zero attached hydrogens (tertiary/aromatic N) is 1. The van der Waals surface area contributed by atoms with E-state index in [9.17, 15) is 19.5 Å². The number of aliphatic hydroxyl groups is 1. The van der Waals surface area contributed by atoms with Crippen LogP contribution < -0.4 is 5.32 Å². The number of aryl methyl sites for hydroxylation is 2. The topological polar surface area (TPSA) is 95.9 Å². The molecular formula is C26H35BrN2O5S. The van der Waals surface area contributed by atoms with Crippen molar-refractivity contribution in [2.24, 2.45) is 17.8 Å². The van der Waals surface area contributed by atoms with Crippen LogP contribution in [0.4, 0.5) is 5.69 Å². The summed E-state index contributed by atoms with van der Waals surface area (Å²) in [5.74, 6) is -2.16. The first-order chi connectivity index (χ1) is 16.6. The second-order valence-corrected chi connectivity index (χ2v) is 12.8. The molecule has 3 aliphatic heterocycles. The minimum atomic E-state index is -0.806. The Bertz CT molecular complexity index is 1000. The second-order valence-electron chi connectivity index (χ2n) is 10.1. The summed E-state index contributed by atoms with van der Waals surface area (Å²) in [6, 6.07) is 4.51. The molecule has 4 rings (SSSR count). The van der Waals surface area contributed by atoms with Crippen molar-refractivity contribution in [1.82, 2.24) is 4.90 Å². The number of rotatable bonds is 8. The number of hydrogen-bond donors (Lipinski definition) is 2. The number of carbonyl (C=O) groups is 3. The van der Waals surface area contributed by atoms with Crippen molar-refractivity contribution in [2.75, 3.05) is 18.5 Å². The molecule has 3 fully saturated rings. The fourth-order valence-electron chi connectivity index (χ4n) is 6.25. The first kappa shape index (κ1) is 26.5. The van der Waals surface area contributed by atoms with Gasteiger partial charge in [0.05, 0.1) is 35.8 Å². The first-order valence-electron chi connectivity index (χ1n) is 12.4. The van der Waals surface area contributed by atoms with Crippen molar-refractivity contribution in [2.45, 2.75) is 74.4 Å². The standard InChI is InChI=1S/C26H35BrN2O5S/c1-6-13(3)17(12-30)29-22(23(31)28-20-14(4)9-8-10-15(20)5)26-11-16(27)21(35-26)18(19(26)24(29)32)25(33)34-7-2/h8-10,13,16-19,21-22,30H,6-7,11-12H2,1-5H3,(H,28,31)/t13-,16?,17-,18-,19-,21-,22?,26?/m0/s1. The summed E-state index contributed by atoms with van der Waals surface area (Å²) >= 11 is 5.33. The molecule has 192 valence electrons. The molecule has 0 radical (unpaired) electrons. The van der Waals surface area contributed by atoms with Gasteiger partial charge in [-0.05, 0) is 44.2 Å². The second kappa shape index (κ2) is 10.1. The van der Waals surface area contributed by atoms with Crippen LogP contribution in [0.3, 0.4) is 0 Å². The molecule has 35 heavy (non-hydrogen) atoms. The molecular weight excluding hydrogens is 532 g/mol. The number of likely N-dealkylation sites (tertiary alicyclic amines) is 1. The van der Waals surface area contributed by atoms with Crippen LogP contribution in [0.1, 0.15) is 44.7 Å². The van der Waals surface area contributed by atoms with Gasteiger partial charge in [-0.1, -0.05) is 54.4 Å². The first-order valence-corrected chi connectivity index (χ1v) is 14.2. The lowest BCUT2D eigenvalue weighted by Crippen LogP contribution is -2.56. The van der Waals surface area contributed by atoms with Crippen LogP contribution in [-0.2, 0) is 19.1 Å². The zero-order valence-corrected chi connectivity index (χ0v) is 23.3. The van der Waals surface area contributed by atoms with Gasteiger partial charge in [0.2, 0.25) is 11.8 Å². The minimum absolute atomic E-state index is 0.0160. The Morgan fingerprint density at radius 1 is 1.31 bits per heavy atom. The fourth-order valence-corrected chi connectivity index (χ4v) is 9.84. The van der Waals surface area contributed by atoms with E-state index >= 15 is 0 Å². The van der Waals surface area contributed by atoms with Crippen molar-refractivity contribution >= 4 is 51.2 Å². The lowest BCUT2D eigenvalue weighted by Gasteiger charge is -2.39. The number of hydrogen-bond acceptors (Lipinski definition) is 6. The maximum Gasteiger partial charge on any atom is 0.310 e. The third-order valence-corrected chi connectivity index (χ3v) is 11.3. The van der Waals surface area contributed by atoms with Gasteiger partial charge in [-0.3, -0.25) is 14.4 Å². The monoisotopic (exact) mass is 566 g/mol. The van der Waals surface area contributed by atoms with Crippen LogP contribution >= 0.6 is 27.7 Å². The molecule has 1 aromatic carbocycles. The van der Waals surface area contributed by atoms with Gasteiger partial charge in [-0.15, -0.1) is 11.8 Å².